The van der Waals surface area contributed by atoms with Crippen molar-refractivity contribution in [1.82, 2.24) is 0 Å². The van der Waals surface area contributed by atoms with Crippen LogP contribution in [0.5, 0.6) is 0 Å². The van der Waals surface area contributed by atoms with Crippen LogP contribution in [-0.2, 0) is 9.53 Å². The molecule has 0 aromatic rings. The number of aliphatic hydroxyl groups is 1. The molecule has 0 aromatic heterocycles. The van der Waals surface area contributed by atoms with E-state index < -0.39 is 0 Å². The van der Waals surface area contributed by atoms with E-state index in [1.165, 1.54) is 0 Å². The molecule has 11 heavy (non-hydrogen) atoms. The fourth-order valence-electron chi connectivity index (χ4n) is 0.699. The average molecular weight is 160 g/mol. The average Bonchev–Trinajstić information content (AvgIpc) is 1.88. The Balaban J connectivity index is 3.79. The van der Waals surface area contributed by atoms with E-state index in [0.717, 1.165) is 0 Å². The van der Waals surface area contributed by atoms with Gasteiger partial charge in [0.15, 0.2) is 0 Å². The Bertz CT molecular complexity index is 117. The maximum Gasteiger partial charge on any atom is 0.311 e. The maximum atomic E-state index is 11.0. The van der Waals surface area contributed by atoms with Crippen molar-refractivity contribution in [2.75, 3.05) is 6.61 Å². The van der Waals surface area contributed by atoms with Crippen LogP contribution in [0.25, 0.3) is 0 Å². The highest BCUT2D eigenvalue weighted by atomic mass is 16.5. The summed E-state index contributed by atoms with van der Waals surface area (Å²) in [6.45, 7) is 5.31. The molecule has 0 aromatic carbocycles. The molecule has 0 radical (unpaired) electrons. The van der Waals surface area contributed by atoms with E-state index in [0.29, 0.717) is 6.42 Å². The molecule has 3 nitrogen and oxygen atoms in total. The fraction of sp³-hybridized carbons (Fsp3) is 0.875. The molecule has 0 aliphatic carbocycles. The molecule has 1 unspecified atom stereocenters. The second-order valence-electron chi connectivity index (χ2n) is 2.77. The Morgan fingerprint density at radius 1 is 1.55 bits per heavy atom. The van der Waals surface area contributed by atoms with E-state index in [2.05, 4.69) is 0 Å². The molecule has 0 fully saturated rings. The van der Waals surface area contributed by atoms with Gasteiger partial charge in [-0.2, -0.15) is 0 Å². The summed E-state index contributed by atoms with van der Waals surface area (Å²) in [6.07, 6.45) is 0.533. The summed E-state index contributed by atoms with van der Waals surface area (Å²) in [5.74, 6) is -0.651. The topological polar surface area (TPSA) is 46.5 Å². The van der Waals surface area contributed by atoms with Crippen LogP contribution in [-0.4, -0.2) is 23.8 Å². The first kappa shape index (κ1) is 10.4. The zero-order chi connectivity index (χ0) is 8.85. The Morgan fingerprint density at radius 3 is 2.36 bits per heavy atom. The number of esters is 1. The molecule has 0 spiro atoms. The van der Waals surface area contributed by atoms with Crippen molar-refractivity contribution in [2.45, 2.75) is 33.3 Å². The van der Waals surface area contributed by atoms with Crippen molar-refractivity contribution in [1.29, 1.82) is 0 Å². The summed E-state index contributed by atoms with van der Waals surface area (Å²) in [7, 11) is 0. The Morgan fingerprint density at radius 2 is 2.09 bits per heavy atom. The van der Waals surface area contributed by atoms with E-state index in [1.807, 2.05) is 6.92 Å². The zero-order valence-electron chi connectivity index (χ0n) is 7.33. The number of ether oxygens (including phenoxy) is 1. The fourth-order valence-corrected chi connectivity index (χ4v) is 0.699. The van der Waals surface area contributed by atoms with Gasteiger partial charge in [0.05, 0.1) is 18.6 Å². The number of hydrogen-bond donors (Lipinski definition) is 1. The van der Waals surface area contributed by atoms with Gasteiger partial charge in [0.1, 0.15) is 0 Å². The highest BCUT2D eigenvalue weighted by Crippen LogP contribution is 2.05. The second-order valence-corrected chi connectivity index (χ2v) is 2.77. The van der Waals surface area contributed by atoms with Gasteiger partial charge >= 0.3 is 5.97 Å². The lowest BCUT2D eigenvalue weighted by Crippen LogP contribution is -2.23. The molecular weight excluding hydrogens is 144 g/mol. The largest absolute Gasteiger partial charge is 0.463 e. The van der Waals surface area contributed by atoms with Gasteiger partial charge < -0.3 is 9.84 Å². The van der Waals surface area contributed by atoms with Crippen LogP contribution >= 0.6 is 0 Å². The molecule has 1 N–H and O–H groups in total. The van der Waals surface area contributed by atoms with Crippen LogP contribution in [0.15, 0.2) is 0 Å². The molecular formula is C8H16O3. The van der Waals surface area contributed by atoms with Crippen LogP contribution in [0, 0.1) is 5.92 Å². The SMILES string of the molecule is CCC(CO)C(=O)OC(C)C. The van der Waals surface area contributed by atoms with E-state index >= 15 is 0 Å². The van der Waals surface area contributed by atoms with Crippen molar-refractivity contribution < 1.29 is 14.6 Å². The van der Waals surface area contributed by atoms with Gasteiger partial charge in [-0.1, -0.05) is 6.92 Å². The monoisotopic (exact) mass is 160 g/mol. The third-order valence-corrected chi connectivity index (χ3v) is 1.40. The molecule has 0 heterocycles. The summed E-state index contributed by atoms with van der Waals surface area (Å²) >= 11 is 0. The van der Waals surface area contributed by atoms with Crippen molar-refractivity contribution in [3.05, 3.63) is 0 Å². The smallest absolute Gasteiger partial charge is 0.311 e. The third kappa shape index (κ3) is 3.98. The van der Waals surface area contributed by atoms with Crippen LogP contribution in [0.3, 0.4) is 0 Å². The molecule has 0 bridgehead atoms. The van der Waals surface area contributed by atoms with Gasteiger partial charge in [-0.05, 0) is 20.3 Å². The van der Waals surface area contributed by atoms with Gasteiger partial charge in [-0.3, -0.25) is 4.79 Å². The minimum Gasteiger partial charge on any atom is -0.463 e. The van der Waals surface area contributed by atoms with Gasteiger partial charge in [-0.15, -0.1) is 0 Å². The Hall–Kier alpha value is -0.570. The summed E-state index contributed by atoms with van der Waals surface area (Å²) in [5.41, 5.74) is 0. The molecule has 0 rings (SSSR count). The summed E-state index contributed by atoms with van der Waals surface area (Å²) in [4.78, 5) is 11.0. The van der Waals surface area contributed by atoms with Crippen molar-refractivity contribution >= 4 is 5.97 Å². The molecule has 0 aliphatic rings. The standard InChI is InChI=1S/C8H16O3/c1-4-7(5-9)8(10)11-6(2)3/h6-7,9H,4-5H2,1-3H3. The predicted octanol–water partition coefficient (Wildman–Crippen LogP) is 0.956. The lowest BCUT2D eigenvalue weighted by molar-refractivity contribution is -0.153. The second kappa shape index (κ2) is 5.13. The van der Waals surface area contributed by atoms with Crippen molar-refractivity contribution in [3.8, 4) is 0 Å². The number of aliphatic hydroxyl groups excluding tert-OH is 1. The molecule has 1 atom stereocenters. The number of hydrogen-bond acceptors (Lipinski definition) is 3. The number of carbonyl (C=O) groups excluding carboxylic acids is 1. The quantitative estimate of drug-likeness (QED) is 0.623. The van der Waals surface area contributed by atoms with Gasteiger partial charge in [0, 0.05) is 0 Å². The molecule has 0 aliphatic heterocycles. The molecule has 0 saturated carbocycles. The Kier molecular flexibility index (Phi) is 4.86. The Labute approximate surface area is 67.4 Å². The third-order valence-electron chi connectivity index (χ3n) is 1.40. The van der Waals surface area contributed by atoms with Gasteiger partial charge in [-0.25, -0.2) is 0 Å². The maximum absolute atomic E-state index is 11.0. The molecule has 0 saturated heterocycles. The zero-order valence-corrected chi connectivity index (χ0v) is 7.33. The summed E-state index contributed by atoms with van der Waals surface area (Å²) < 4.78 is 4.90. The molecule has 3 heteroatoms. The summed E-state index contributed by atoms with van der Waals surface area (Å²) in [5, 5.41) is 8.71. The van der Waals surface area contributed by atoms with Gasteiger partial charge in [0.25, 0.3) is 0 Å². The van der Waals surface area contributed by atoms with E-state index in [4.69, 9.17) is 9.84 Å². The highest BCUT2D eigenvalue weighted by Gasteiger charge is 2.17. The lowest BCUT2D eigenvalue weighted by atomic mass is 10.1. The first-order valence-corrected chi connectivity index (χ1v) is 3.93. The lowest BCUT2D eigenvalue weighted by Gasteiger charge is -2.13. The normalized spacial score (nSPS) is 13.2. The minimum atomic E-state index is -0.350. The summed E-state index contributed by atoms with van der Waals surface area (Å²) in [6, 6.07) is 0. The molecule has 0 amide bonds. The van der Waals surface area contributed by atoms with Crippen molar-refractivity contribution in [3.63, 3.8) is 0 Å². The first-order chi connectivity index (χ1) is 5.11. The number of rotatable bonds is 4. The number of carbonyl (C=O) groups is 1. The van der Waals surface area contributed by atoms with E-state index in [9.17, 15) is 4.79 Å². The van der Waals surface area contributed by atoms with Crippen LogP contribution in [0.2, 0.25) is 0 Å². The van der Waals surface area contributed by atoms with Crippen LogP contribution < -0.4 is 0 Å². The van der Waals surface area contributed by atoms with Crippen LogP contribution in [0.4, 0.5) is 0 Å². The minimum absolute atomic E-state index is 0.0944. The van der Waals surface area contributed by atoms with Crippen LogP contribution in [0.1, 0.15) is 27.2 Å². The predicted molar refractivity (Wildman–Crippen MR) is 42.1 cm³/mol. The molecule has 66 valence electrons. The van der Waals surface area contributed by atoms with E-state index in [1.54, 1.807) is 13.8 Å². The first-order valence-electron chi connectivity index (χ1n) is 3.93. The van der Waals surface area contributed by atoms with E-state index in [-0.39, 0.29) is 24.6 Å². The highest BCUT2D eigenvalue weighted by molar-refractivity contribution is 5.72. The van der Waals surface area contributed by atoms with Crippen molar-refractivity contribution in [2.24, 2.45) is 5.92 Å². The van der Waals surface area contributed by atoms with Gasteiger partial charge in [0.2, 0.25) is 0 Å².